The van der Waals surface area contributed by atoms with Crippen molar-refractivity contribution in [3.05, 3.63) is 22.7 Å². The number of nitrogens with zero attached hydrogens (tertiary/aromatic N) is 2. The summed E-state index contributed by atoms with van der Waals surface area (Å²) in [5.41, 5.74) is -2.11. The predicted molar refractivity (Wildman–Crippen MR) is 151 cm³/mol. The van der Waals surface area contributed by atoms with Crippen LogP contribution in [0.25, 0.3) is 0 Å². The number of rotatable bonds is 4. The van der Waals surface area contributed by atoms with Gasteiger partial charge in [0.15, 0.2) is 0 Å². The summed E-state index contributed by atoms with van der Waals surface area (Å²) >= 11 is 3.53. The molecule has 4 aliphatic heterocycles. The monoisotopic (exact) mass is 623 g/mol. The van der Waals surface area contributed by atoms with E-state index in [9.17, 15) is 24.3 Å². The minimum absolute atomic E-state index is 0.0689. The first-order valence-corrected chi connectivity index (χ1v) is 14.8. The number of halogens is 1. The summed E-state index contributed by atoms with van der Waals surface area (Å²) in [6.45, 7) is 12.0. The first-order valence-electron chi connectivity index (χ1n) is 14.0. The van der Waals surface area contributed by atoms with Gasteiger partial charge in [0.1, 0.15) is 29.8 Å². The van der Waals surface area contributed by atoms with Crippen LogP contribution in [-0.2, 0) is 28.7 Å². The number of fused-ring (bicyclic) bond motifs is 2. The summed E-state index contributed by atoms with van der Waals surface area (Å²) in [5.74, 6) is -3.48. The van der Waals surface area contributed by atoms with Crippen LogP contribution in [0.5, 0.6) is 0 Å². The fourth-order valence-electron chi connectivity index (χ4n) is 6.97. The van der Waals surface area contributed by atoms with Gasteiger partial charge in [-0.15, -0.1) is 0 Å². The Morgan fingerprint density at radius 2 is 1.82 bits per heavy atom. The van der Waals surface area contributed by atoms with Gasteiger partial charge in [-0.2, -0.15) is 0 Å². The van der Waals surface area contributed by atoms with Crippen LogP contribution >= 0.6 is 15.9 Å². The number of hydrogen-bond donors (Lipinski definition) is 2. The van der Waals surface area contributed by atoms with Crippen molar-refractivity contribution in [2.75, 3.05) is 26.2 Å². The van der Waals surface area contributed by atoms with Crippen LogP contribution in [0.2, 0.25) is 0 Å². The molecule has 222 valence electrons. The lowest BCUT2D eigenvalue weighted by atomic mass is 9.74. The van der Waals surface area contributed by atoms with Gasteiger partial charge in [0.25, 0.3) is 0 Å². The lowest BCUT2D eigenvalue weighted by Gasteiger charge is -2.45. The maximum Gasteiger partial charge on any atom is 0.313 e. The summed E-state index contributed by atoms with van der Waals surface area (Å²) in [6, 6.07) is -1.07. The highest BCUT2D eigenvalue weighted by Crippen LogP contribution is 2.59. The number of aliphatic hydroxyl groups excluding tert-OH is 1. The Morgan fingerprint density at radius 1 is 1.12 bits per heavy atom. The predicted octanol–water partition coefficient (Wildman–Crippen LogP) is 2.29. The third-order valence-corrected chi connectivity index (χ3v) is 8.81. The Bertz CT molecular complexity index is 1110. The van der Waals surface area contributed by atoms with E-state index >= 15 is 0 Å². The molecular formula is C29H42BrN3O7. The van der Waals surface area contributed by atoms with E-state index in [-0.39, 0.29) is 49.9 Å². The van der Waals surface area contributed by atoms with Gasteiger partial charge in [0.2, 0.25) is 17.7 Å². The van der Waals surface area contributed by atoms with Gasteiger partial charge in [0, 0.05) is 29.5 Å². The highest BCUT2D eigenvalue weighted by molar-refractivity contribution is 9.11. The van der Waals surface area contributed by atoms with Crippen LogP contribution in [0.15, 0.2) is 22.7 Å². The largest absolute Gasteiger partial charge is 0.460 e. The second-order valence-corrected chi connectivity index (χ2v) is 14.1. The zero-order chi connectivity index (χ0) is 29.6. The lowest BCUT2D eigenvalue weighted by Crippen LogP contribution is -2.61. The van der Waals surface area contributed by atoms with Crippen LogP contribution in [0, 0.1) is 17.3 Å². The third-order valence-electron chi connectivity index (χ3n) is 8.13. The second kappa shape index (κ2) is 11.2. The number of likely N-dealkylation sites (tertiary alicyclic amines) is 1. The molecule has 10 nitrogen and oxygen atoms in total. The summed E-state index contributed by atoms with van der Waals surface area (Å²) in [6.07, 6.45) is 5.54. The van der Waals surface area contributed by atoms with Crippen molar-refractivity contribution in [3.63, 3.8) is 0 Å². The van der Waals surface area contributed by atoms with Gasteiger partial charge in [-0.3, -0.25) is 19.2 Å². The summed E-state index contributed by atoms with van der Waals surface area (Å²) < 4.78 is 12.7. The van der Waals surface area contributed by atoms with E-state index in [2.05, 4.69) is 42.0 Å². The Labute approximate surface area is 244 Å². The van der Waals surface area contributed by atoms with Crippen molar-refractivity contribution in [1.29, 1.82) is 0 Å². The average Bonchev–Trinajstić information content (AvgIpc) is 3.41. The van der Waals surface area contributed by atoms with E-state index in [0.29, 0.717) is 17.3 Å². The molecule has 0 aliphatic carbocycles. The van der Waals surface area contributed by atoms with E-state index in [1.807, 2.05) is 26.0 Å². The molecule has 5 bridgehead atoms. The number of β-amino-alcohol motifs (C(OH)–C–C–N with tert-alkyl or cyclic N) is 1. The minimum atomic E-state index is -1.39. The van der Waals surface area contributed by atoms with Crippen molar-refractivity contribution in [2.24, 2.45) is 17.3 Å². The quantitative estimate of drug-likeness (QED) is 0.363. The van der Waals surface area contributed by atoms with E-state index in [1.165, 1.54) is 4.90 Å². The fraction of sp³-hybridized carbons (Fsp3) is 0.724. The molecule has 0 aromatic rings. The second-order valence-electron chi connectivity index (χ2n) is 13.1. The first-order chi connectivity index (χ1) is 18.6. The topological polar surface area (TPSA) is 125 Å². The number of carbonyl (C=O) groups is 4. The summed E-state index contributed by atoms with van der Waals surface area (Å²) in [5, 5.41) is 12.7. The van der Waals surface area contributed by atoms with Crippen LogP contribution < -0.4 is 5.32 Å². The maximum absolute atomic E-state index is 14.7. The zero-order valence-corrected chi connectivity index (χ0v) is 25.8. The van der Waals surface area contributed by atoms with Crippen LogP contribution in [0.3, 0.4) is 0 Å². The number of ether oxygens (including phenoxy) is 2. The lowest BCUT2D eigenvalue weighted by molar-refractivity contribution is -0.159. The third kappa shape index (κ3) is 5.61. The highest BCUT2D eigenvalue weighted by Gasteiger charge is 2.75. The highest BCUT2D eigenvalue weighted by atomic mass is 79.9. The Kier molecular flexibility index (Phi) is 8.61. The molecule has 0 unspecified atom stereocenters. The number of esters is 1. The fourth-order valence-corrected chi connectivity index (χ4v) is 7.70. The van der Waals surface area contributed by atoms with Gasteiger partial charge in [0.05, 0.1) is 19.1 Å². The molecule has 11 heteroatoms. The number of hydrogen-bond acceptors (Lipinski definition) is 7. The molecule has 4 heterocycles. The average molecular weight is 625 g/mol. The Hall–Kier alpha value is -2.24. The molecule has 4 aliphatic rings. The molecule has 0 saturated carbocycles. The molecule has 4 rings (SSSR count). The maximum atomic E-state index is 14.7. The zero-order valence-electron chi connectivity index (χ0n) is 24.2. The van der Waals surface area contributed by atoms with E-state index in [4.69, 9.17) is 9.47 Å². The summed E-state index contributed by atoms with van der Waals surface area (Å²) in [7, 11) is 0. The number of aliphatic hydroxyl groups is 1. The van der Waals surface area contributed by atoms with E-state index in [0.717, 1.165) is 0 Å². The minimum Gasteiger partial charge on any atom is -0.460 e. The van der Waals surface area contributed by atoms with Gasteiger partial charge in [-0.1, -0.05) is 48.9 Å². The number of allylic oxidation sites excluding steroid dienone is 1. The van der Waals surface area contributed by atoms with Crippen LogP contribution in [-0.4, -0.2) is 94.2 Å². The van der Waals surface area contributed by atoms with Crippen LogP contribution in [0.1, 0.15) is 60.8 Å². The Morgan fingerprint density at radius 3 is 2.48 bits per heavy atom. The Balaban J connectivity index is 1.83. The standard InChI is InChI=1S/C29H42BrN3O7/c1-17-15-31-19(35)10-8-7-9-11-33(28(5,6)16-27(2,3)4)25(37)23-29-14-18(30)22(40-29)20(26(38)39-17)21(29)24(36)32(23)12-13-34/h7,9,14,17,20-23,34H,8,10-13,15-16H2,1-6H3,(H,31,35)/b9-7-/t17-,20+,21-,22+,23+,29-/m1/s1. The van der Waals surface area contributed by atoms with Crippen molar-refractivity contribution >= 4 is 39.6 Å². The van der Waals surface area contributed by atoms with E-state index < -0.39 is 53.1 Å². The van der Waals surface area contributed by atoms with Gasteiger partial charge < -0.3 is 29.7 Å². The van der Waals surface area contributed by atoms with Crippen molar-refractivity contribution < 1.29 is 33.8 Å². The molecular weight excluding hydrogens is 582 g/mol. The van der Waals surface area contributed by atoms with Crippen molar-refractivity contribution in [2.45, 2.75) is 90.2 Å². The summed E-state index contributed by atoms with van der Waals surface area (Å²) in [4.78, 5) is 57.7. The molecule has 0 radical (unpaired) electrons. The SMILES string of the molecule is C[C@@H]1CNC(=O)CC/C=C\CN(C(C)(C)CC(C)(C)C)C(=O)[C@@H]2N(CCO)C(=O)[C@H]3[C@H](C(=O)O1)[C@H]1O[C@@]23C=C1Br. The molecule has 0 aromatic heterocycles. The molecule has 1 spiro atoms. The van der Waals surface area contributed by atoms with E-state index in [1.54, 1.807) is 17.9 Å². The van der Waals surface area contributed by atoms with Crippen molar-refractivity contribution in [3.8, 4) is 0 Å². The smallest absolute Gasteiger partial charge is 0.313 e. The molecule has 6 atom stereocenters. The van der Waals surface area contributed by atoms with Crippen LogP contribution in [0.4, 0.5) is 0 Å². The molecule has 0 aromatic carbocycles. The molecule has 40 heavy (non-hydrogen) atoms. The van der Waals surface area contributed by atoms with Crippen molar-refractivity contribution in [1.82, 2.24) is 15.1 Å². The number of nitrogens with one attached hydrogen (secondary N) is 1. The normalized spacial score (nSPS) is 34.5. The molecule has 2 N–H and O–H groups in total. The van der Waals surface area contributed by atoms with Gasteiger partial charge in [-0.25, -0.2) is 0 Å². The number of cyclic esters (lactones) is 1. The number of carbonyl (C=O) groups excluding carboxylic acids is 4. The molecule has 3 amide bonds. The number of amides is 3. The van der Waals surface area contributed by atoms with Gasteiger partial charge in [-0.05, 0) is 45.1 Å². The molecule has 2 fully saturated rings. The first kappa shape index (κ1) is 30.7. The molecule has 2 saturated heterocycles. The van der Waals surface area contributed by atoms with Gasteiger partial charge >= 0.3 is 5.97 Å².